The first kappa shape index (κ1) is 13.8. The molecule has 0 bridgehead atoms. The lowest BCUT2D eigenvalue weighted by Gasteiger charge is -2.22. The second-order valence-corrected chi connectivity index (χ2v) is 5.44. The van der Waals surface area contributed by atoms with Crippen molar-refractivity contribution in [3.63, 3.8) is 0 Å². The number of pyridine rings is 1. The number of hydrogen-bond acceptors (Lipinski definition) is 5. The van der Waals surface area contributed by atoms with Crippen LogP contribution >= 0.6 is 0 Å². The zero-order valence-electron chi connectivity index (χ0n) is 11.9. The highest BCUT2D eigenvalue weighted by molar-refractivity contribution is 5.81. The number of nitriles is 1. The van der Waals surface area contributed by atoms with Gasteiger partial charge in [-0.25, -0.2) is 10.8 Å². The first-order chi connectivity index (χ1) is 10.3. The summed E-state index contributed by atoms with van der Waals surface area (Å²) in [6.45, 7) is 1.59. The molecule has 1 aromatic heterocycles. The van der Waals surface area contributed by atoms with Gasteiger partial charge in [-0.1, -0.05) is 18.2 Å². The Morgan fingerprint density at radius 1 is 1.38 bits per heavy atom. The van der Waals surface area contributed by atoms with Crippen LogP contribution in [0.4, 0.5) is 5.82 Å². The second kappa shape index (κ2) is 6.08. The Morgan fingerprint density at radius 3 is 2.90 bits per heavy atom. The first-order valence-electron chi connectivity index (χ1n) is 7.28. The molecule has 3 rings (SSSR count). The average molecular weight is 281 g/mol. The molecular weight excluding hydrogens is 262 g/mol. The number of nitrogens with zero attached hydrogens (tertiary/aromatic N) is 3. The number of nitrogen functional groups attached to an aromatic ring is 1. The third kappa shape index (κ3) is 3.13. The smallest absolute Gasteiger partial charge is 0.145 e. The van der Waals surface area contributed by atoms with Gasteiger partial charge in [-0.3, -0.25) is 4.90 Å². The van der Waals surface area contributed by atoms with Crippen molar-refractivity contribution < 1.29 is 0 Å². The normalized spacial score (nSPS) is 14.3. The maximum absolute atomic E-state index is 8.80. The first-order valence-corrected chi connectivity index (χ1v) is 7.28. The predicted molar refractivity (Wildman–Crippen MR) is 83.2 cm³/mol. The molecule has 2 aromatic rings. The van der Waals surface area contributed by atoms with Crippen molar-refractivity contribution in [3.05, 3.63) is 35.9 Å². The standard InChI is InChI=1S/C16H19N5/c17-8-3-9-21(14-6-7-14)11-13-10-12-4-1-2-5-15(12)19-16(13)20-18/h1-2,4-5,10,14H,3,6-7,9,11,18H2,(H,19,20). The molecule has 3 N–H and O–H groups in total. The number of fused-ring (bicyclic) bond motifs is 1. The molecule has 5 nitrogen and oxygen atoms in total. The molecule has 5 heteroatoms. The van der Waals surface area contributed by atoms with Crippen LogP contribution < -0.4 is 11.3 Å². The molecule has 0 amide bonds. The Labute approximate surface area is 124 Å². The van der Waals surface area contributed by atoms with E-state index in [0.29, 0.717) is 12.5 Å². The van der Waals surface area contributed by atoms with Crippen LogP contribution in [-0.4, -0.2) is 22.5 Å². The number of rotatable bonds is 6. The largest absolute Gasteiger partial charge is 0.308 e. The highest BCUT2D eigenvalue weighted by Gasteiger charge is 2.29. The summed E-state index contributed by atoms with van der Waals surface area (Å²) in [5, 5.41) is 9.92. The second-order valence-electron chi connectivity index (χ2n) is 5.44. The van der Waals surface area contributed by atoms with E-state index in [4.69, 9.17) is 11.1 Å². The number of benzene rings is 1. The van der Waals surface area contributed by atoms with Crippen LogP contribution in [0, 0.1) is 11.3 Å². The fraction of sp³-hybridized carbons (Fsp3) is 0.375. The lowest BCUT2D eigenvalue weighted by Crippen LogP contribution is -2.27. The van der Waals surface area contributed by atoms with Gasteiger partial charge in [-0.05, 0) is 25.0 Å². The van der Waals surface area contributed by atoms with E-state index >= 15 is 0 Å². The van der Waals surface area contributed by atoms with Gasteiger partial charge in [-0.2, -0.15) is 5.26 Å². The summed E-state index contributed by atoms with van der Waals surface area (Å²) >= 11 is 0. The summed E-state index contributed by atoms with van der Waals surface area (Å²) in [6, 6.07) is 13.0. The van der Waals surface area contributed by atoms with Gasteiger partial charge in [0.2, 0.25) is 0 Å². The SMILES string of the molecule is N#CCCN(Cc1cc2ccccc2nc1NN)C1CC1. The predicted octanol–water partition coefficient (Wildman–Crippen LogP) is 2.40. The Morgan fingerprint density at radius 2 is 2.19 bits per heavy atom. The molecule has 1 fully saturated rings. The van der Waals surface area contributed by atoms with Crippen LogP contribution in [0.15, 0.2) is 30.3 Å². The molecule has 1 aliphatic rings. The topological polar surface area (TPSA) is 78.0 Å². The molecule has 1 aromatic carbocycles. The van der Waals surface area contributed by atoms with Crippen LogP contribution in [0.3, 0.4) is 0 Å². The third-order valence-corrected chi connectivity index (χ3v) is 3.89. The number of nitrogens with one attached hydrogen (secondary N) is 1. The van der Waals surface area contributed by atoms with Crippen LogP contribution in [0.5, 0.6) is 0 Å². The van der Waals surface area contributed by atoms with E-state index in [2.05, 4.69) is 33.5 Å². The van der Waals surface area contributed by atoms with E-state index in [1.54, 1.807) is 0 Å². The minimum atomic E-state index is 0.558. The van der Waals surface area contributed by atoms with Gasteiger partial charge in [0.1, 0.15) is 5.82 Å². The van der Waals surface area contributed by atoms with Crippen molar-refractivity contribution in [1.29, 1.82) is 5.26 Å². The number of hydrogen-bond donors (Lipinski definition) is 2. The summed E-state index contributed by atoms with van der Waals surface area (Å²) in [6.07, 6.45) is 3.00. The van der Waals surface area contributed by atoms with E-state index in [-0.39, 0.29) is 0 Å². The fourth-order valence-corrected chi connectivity index (χ4v) is 2.65. The van der Waals surface area contributed by atoms with Crippen molar-refractivity contribution in [2.75, 3.05) is 12.0 Å². The molecule has 0 saturated heterocycles. The maximum Gasteiger partial charge on any atom is 0.145 e. The summed E-state index contributed by atoms with van der Waals surface area (Å²) in [7, 11) is 0. The fourth-order valence-electron chi connectivity index (χ4n) is 2.65. The molecule has 1 saturated carbocycles. The van der Waals surface area contributed by atoms with Crippen LogP contribution in [0.25, 0.3) is 10.9 Å². The molecule has 1 heterocycles. The van der Waals surface area contributed by atoms with Crippen LogP contribution in [0.1, 0.15) is 24.8 Å². The molecule has 0 atom stereocenters. The van der Waals surface area contributed by atoms with Gasteiger partial charge in [-0.15, -0.1) is 0 Å². The summed E-state index contributed by atoms with van der Waals surface area (Å²) < 4.78 is 0. The quantitative estimate of drug-likeness (QED) is 0.628. The monoisotopic (exact) mass is 281 g/mol. The van der Waals surface area contributed by atoms with Gasteiger partial charge >= 0.3 is 0 Å². The van der Waals surface area contributed by atoms with Crippen molar-refractivity contribution in [2.24, 2.45) is 5.84 Å². The Kier molecular flexibility index (Phi) is 4.00. The van der Waals surface area contributed by atoms with Crippen molar-refractivity contribution in [1.82, 2.24) is 9.88 Å². The number of para-hydroxylation sites is 1. The van der Waals surface area contributed by atoms with E-state index in [9.17, 15) is 0 Å². The van der Waals surface area contributed by atoms with Gasteiger partial charge in [0, 0.05) is 36.5 Å². The highest BCUT2D eigenvalue weighted by Crippen LogP contribution is 2.30. The highest BCUT2D eigenvalue weighted by atomic mass is 15.3. The lowest BCUT2D eigenvalue weighted by molar-refractivity contribution is 0.261. The van der Waals surface area contributed by atoms with Crippen molar-refractivity contribution >= 4 is 16.7 Å². The summed E-state index contributed by atoms with van der Waals surface area (Å²) in [4.78, 5) is 6.94. The Hall–Kier alpha value is -2.16. The van der Waals surface area contributed by atoms with Gasteiger partial charge in [0.25, 0.3) is 0 Å². The molecule has 1 aliphatic carbocycles. The summed E-state index contributed by atoms with van der Waals surface area (Å²) in [5.74, 6) is 6.34. The Bertz CT molecular complexity index is 672. The minimum Gasteiger partial charge on any atom is -0.308 e. The molecule has 0 aliphatic heterocycles. The lowest BCUT2D eigenvalue weighted by atomic mass is 10.1. The number of nitrogens with two attached hydrogens (primary N) is 1. The van der Waals surface area contributed by atoms with E-state index in [1.165, 1.54) is 12.8 Å². The number of hydrazine groups is 1. The zero-order chi connectivity index (χ0) is 14.7. The van der Waals surface area contributed by atoms with Crippen LogP contribution in [0.2, 0.25) is 0 Å². The van der Waals surface area contributed by atoms with E-state index in [1.807, 2.05) is 18.2 Å². The molecule has 0 unspecified atom stereocenters. The van der Waals surface area contributed by atoms with E-state index in [0.717, 1.165) is 35.4 Å². The van der Waals surface area contributed by atoms with Gasteiger partial charge in [0.15, 0.2) is 0 Å². The van der Waals surface area contributed by atoms with E-state index < -0.39 is 0 Å². The third-order valence-electron chi connectivity index (χ3n) is 3.89. The number of aromatic nitrogens is 1. The maximum atomic E-state index is 8.80. The van der Waals surface area contributed by atoms with Crippen molar-refractivity contribution in [3.8, 4) is 6.07 Å². The zero-order valence-corrected chi connectivity index (χ0v) is 11.9. The van der Waals surface area contributed by atoms with Gasteiger partial charge in [0.05, 0.1) is 11.6 Å². The molecular formula is C16H19N5. The summed E-state index contributed by atoms with van der Waals surface area (Å²) in [5.41, 5.74) is 4.72. The average Bonchev–Trinajstić information content (AvgIpc) is 3.35. The Balaban J connectivity index is 1.88. The molecule has 0 radical (unpaired) electrons. The van der Waals surface area contributed by atoms with Crippen molar-refractivity contribution in [2.45, 2.75) is 31.8 Å². The molecule has 21 heavy (non-hydrogen) atoms. The van der Waals surface area contributed by atoms with Crippen LogP contribution in [-0.2, 0) is 6.54 Å². The minimum absolute atomic E-state index is 0.558. The number of anilines is 1. The van der Waals surface area contributed by atoms with Gasteiger partial charge < -0.3 is 5.43 Å². The molecule has 108 valence electrons. The molecule has 0 spiro atoms.